The summed E-state index contributed by atoms with van der Waals surface area (Å²) in [5.41, 5.74) is 3.85. The van der Waals surface area contributed by atoms with Crippen molar-refractivity contribution in [2.45, 2.75) is 0 Å². The van der Waals surface area contributed by atoms with Crippen LogP contribution in [0.3, 0.4) is 0 Å². The summed E-state index contributed by atoms with van der Waals surface area (Å²) in [7, 11) is -3.51. The van der Waals surface area contributed by atoms with Gasteiger partial charge in [-0.25, -0.2) is 0 Å². The normalized spacial score (nSPS) is 19.8. The van der Waals surface area contributed by atoms with Crippen LogP contribution in [0.4, 0.5) is 0 Å². The van der Waals surface area contributed by atoms with Gasteiger partial charge >= 0.3 is 7.82 Å². The topological polar surface area (TPSA) is 44.8 Å². The van der Waals surface area contributed by atoms with Crippen LogP contribution in [-0.4, -0.2) is 0 Å². The van der Waals surface area contributed by atoms with E-state index in [9.17, 15) is 4.57 Å². The van der Waals surface area contributed by atoms with Crippen molar-refractivity contribution in [3.8, 4) is 39.5 Å². The van der Waals surface area contributed by atoms with E-state index in [0.717, 1.165) is 22.3 Å². The lowest BCUT2D eigenvalue weighted by atomic mass is 9.93. The van der Waals surface area contributed by atoms with Gasteiger partial charge in [0.05, 0.1) is 0 Å². The van der Waals surface area contributed by atoms with Crippen molar-refractivity contribution in [3.63, 3.8) is 0 Å². The second kappa shape index (κ2) is 4.40. The monoisotopic (exact) mass is 322 g/mol. The van der Waals surface area contributed by atoms with E-state index in [1.54, 1.807) is 0 Å². The fourth-order valence-corrected chi connectivity index (χ4v) is 4.28. The summed E-state index contributed by atoms with van der Waals surface area (Å²) in [5.74, 6) is 1.42. The molecule has 112 valence electrons. The molecule has 2 aliphatic heterocycles. The van der Waals surface area contributed by atoms with Gasteiger partial charge < -0.3 is 13.6 Å². The van der Waals surface area contributed by atoms with E-state index in [2.05, 4.69) is 0 Å². The molecule has 0 aliphatic carbocycles. The second-order valence-electron chi connectivity index (χ2n) is 5.41. The lowest BCUT2D eigenvalue weighted by Gasteiger charge is -2.17. The first kappa shape index (κ1) is 12.8. The van der Waals surface area contributed by atoms with Crippen molar-refractivity contribution in [1.29, 1.82) is 0 Å². The van der Waals surface area contributed by atoms with Crippen molar-refractivity contribution in [1.82, 2.24) is 0 Å². The molecule has 5 rings (SSSR count). The molecule has 0 spiro atoms. The van der Waals surface area contributed by atoms with Gasteiger partial charge in [0.2, 0.25) is 5.75 Å². The van der Waals surface area contributed by atoms with Crippen LogP contribution in [0.5, 0.6) is 17.2 Å². The predicted molar refractivity (Wildman–Crippen MR) is 86.8 cm³/mol. The standard InChI is InChI=1S/C18H11O4P/c19-23-20-15-11-14(12-7-3-1-4-8-12)16(13-9-5-2-6-10-13)18(22-23)17(15)21-23/h1-11H. The SMILES string of the molecule is O=P12Oc3cc(-c4ccccc4)c(-c4ccccc4)c(c3O1)O2. The molecule has 1 atom stereocenters. The van der Waals surface area contributed by atoms with Crippen molar-refractivity contribution < 1.29 is 18.1 Å². The highest BCUT2D eigenvalue weighted by Crippen LogP contribution is 2.71. The van der Waals surface area contributed by atoms with Crippen molar-refractivity contribution >= 4 is 7.82 Å². The van der Waals surface area contributed by atoms with Crippen LogP contribution in [0, 0.1) is 0 Å². The summed E-state index contributed by atoms with van der Waals surface area (Å²) in [4.78, 5) is 0. The van der Waals surface area contributed by atoms with Crippen LogP contribution >= 0.6 is 7.82 Å². The summed E-state index contributed by atoms with van der Waals surface area (Å²) in [6, 6.07) is 21.7. The Morgan fingerprint density at radius 1 is 0.696 bits per heavy atom. The highest BCUT2D eigenvalue weighted by atomic mass is 31.2. The number of phosphoric ester groups is 1. The Balaban J connectivity index is 1.85. The van der Waals surface area contributed by atoms with Crippen molar-refractivity contribution in [3.05, 3.63) is 66.7 Å². The maximum Gasteiger partial charge on any atom is 0.647 e. The first-order valence-electron chi connectivity index (χ1n) is 7.24. The first-order chi connectivity index (χ1) is 11.2. The molecule has 0 amide bonds. The molecule has 0 radical (unpaired) electrons. The zero-order chi connectivity index (χ0) is 15.4. The number of hydrogen-bond acceptors (Lipinski definition) is 4. The molecule has 0 aromatic heterocycles. The first-order valence-corrected chi connectivity index (χ1v) is 8.70. The van der Waals surface area contributed by atoms with Crippen LogP contribution in [0.1, 0.15) is 0 Å². The Morgan fingerprint density at radius 2 is 1.30 bits per heavy atom. The fraction of sp³-hybridized carbons (Fsp3) is 0. The largest absolute Gasteiger partial charge is 0.647 e. The molecule has 2 bridgehead atoms. The molecule has 3 aromatic carbocycles. The molecule has 23 heavy (non-hydrogen) atoms. The molecular formula is C18H11O4P. The van der Waals surface area contributed by atoms with Gasteiger partial charge in [0.1, 0.15) is 0 Å². The van der Waals surface area contributed by atoms with E-state index in [0.29, 0.717) is 17.2 Å². The smallest absolute Gasteiger partial charge is 0.382 e. The van der Waals surface area contributed by atoms with Crippen molar-refractivity contribution in [2.75, 3.05) is 0 Å². The predicted octanol–water partition coefficient (Wildman–Crippen LogP) is 5.29. The van der Waals surface area contributed by atoms with Gasteiger partial charge in [0.15, 0.2) is 11.5 Å². The summed E-state index contributed by atoms with van der Waals surface area (Å²) in [6.45, 7) is 0. The molecule has 1 unspecified atom stereocenters. The third-order valence-corrected chi connectivity index (χ3v) is 5.20. The Hall–Kier alpha value is -2.71. The molecule has 4 nitrogen and oxygen atoms in total. The van der Waals surface area contributed by atoms with E-state index < -0.39 is 7.82 Å². The minimum atomic E-state index is -3.51. The van der Waals surface area contributed by atoms with Crippen LogP contribution in [0.25, 0.3) is 22.3 Å². The summed E-state index contributed by atoms with van der Waals surface area (Å²) < 4.78 is 28.5. The number of hydrogen-bond donors (Lipinski definition) is 0. The van der Waals surface area contributed by atoms with Gasteiger partial charge in [0, 0.05) is 5.56 Å². The van der Waals surface area contributed by atoms with Gasteiger partial charge in [-0.2, -0.15) is 4.57 Å². The average Bonchev–Trinajstić information content (AvgIpc) is 3.09. The lowest BCUT2D eigenvalue weighted by molar-refractivity contribution is 0.354. The summed E-state index contributed by atoms with van der Waals surface area (Å²) >= 11 is 0. The van der Waals surface area contributed by atoms with Crippen molar-refractivity contribution in [2.24, 2.45) is 0 Å². The zero-order valence-electron chi connectivity index (χ0n) is 11.9. The molecule has 0 saturated heterocycles. The molecule has 0 fully saturated rings. The quantitative estimate of drug-likeness (QED) is 0.601. The summed E-state index contributed by atoms with van der Waals surface area (Å²) in [5, 5.41) is 0. The zero-order valence-corrected chi connectivity index (χ0v) is 12.8. The fourth-order valence-electron chi connectivity index (χ4n) is 2.99. The highest BCUT2D eigenvalue weighted by molar-refractivity contribution is 7.50. The molecular weight excluding hydrogens is 311 g/mol. The van der Waals surface area contributed by atoms with Crippen LogP contribution in [0.15, 0.2) is 66.7 Å². The summed E-state index contributed by atoms with van der Waals surface area (Å²) in [6.07, 6.45) is 0. The van der Waals surface area contributed by atoms with E-state index in [1.165, 1.54) is 0 Å². The number of phosphoric acid groups is 1. The molecule has 2 aliphatic rings. The highest BCUT2D eigenvalue weighted by Gasteiger charge is 2.51. The van der Waals surface area contributed by atoms with Gasteiger partial charge in [-0.05, 0) is 22.8 Å². The van der Waals surface area contributed by atoms with Gasteiger partial charge in [0.25, 0.3) is 0 Å². The number of benzene rings is 3. The third-order valence-electron chi connectivity index (χ3n) is 3.97. The van der Waals surface area contributed by atoms with E-state index in [-0.39, 0.29) is 0 Å². The molecule has 0 saturated carbocycles. The number of rotatable bonds is 2. The Bertz CT molecular complexity index is 961. The Kier molecular flexibility index (Phi) is 2.45. The molecule has 2 heterocycles. The third kappa shape index (κ3) is 1.82. The lowest BCUT2D eigenvalue weighted by Crippen LogP contribution is -2.00. The Labute approximate surface area is 132 Å². The van der Waals surface area contributed by atoms with Crippen LogP contribution in [0.2, 0.25) is 0 Å². The second-order valence-corrected chi connectivity index (χ2v) is 6.85. The van der Waals surface area contributed by atoms with Crippen LogP contribution in [-0.2, 0) is 4.57 Å². The minimum Gasteiger partial charge on any atom is -0.382 e. The van der Waals surface area contributed by atoms with Gasteiger partial charge in [-0.15, -0.1) is 0 Å². The maximum absolute atomic E-state index is 12.3. The molecule has 0 N–H and O–H groups in total. The molecule has 3 aromatic rings. The van der Waals surface area contributed by atoms with E-state index >= 15 is 0 Å². The van der Waals surface area contributed by atoms with Crippen LogP contribution < -0.4 is 13.6 Å². The van der Waals surface area contributed by atoms with E-state index in [1.807, 2.05) is 66.7 Å². The molecule has 5 heteroatoms. The Morgan fingerprint density at radius 3 is 1.96 bits per heavy atom. The minimum absolute atomic E-state index is 0.437. The number of fused-ring (bicyclic) bond motifs is 1. The van der Waals surface area contributed by atoms with E-state index in [4.69, 9.17) is 13.6 Å². The maximum atomic E-state index is 12.3. The van der Waals surface area contributed by atoms with Gasteiger partial charge in [-0.3, -0.25) is 0 Å². The van der Waals surface area contributed by atoms with Gasteiger partial charge in [-0.1, -0.05) is 60.7 Å². The average molecular weight is 322 g/mol.